The smallest absolute Gasteiger partial charge is 0.254 e. The predicted molar refractivity (Wildman–Crippen MR) is 74.9 cm³/mol. The number of amides is 1. The molecular formula is C15H14F2N2O2. The fourth-order valence-electron chi connectivity index (χ4n) is 1.88. The maximum absolute atomic E-state index is 13.5. The molecule has 21 heavy (non-hydrogen) atoms. The summed E-state index contributed by atoms with van der Waals surface area (Å²) in [5, 5.41) is 2.50. The van der Waals surface area contributed by atoms with Crippen LogP contribution in [-0.2, 0) is 6.54 Å². The molecule has 110 valence electrons. The van der Waals surface area contributed by atoms with Gasteiger partial charge in [0, 0.05) is 17.8 Å². The Balaban J connectivity index is 2.14. The summed E-state index contributed by atoms with van der Waals surface area (Å²) in [6, 6.07) is 7.68. The van der Waals surface area contributed by atoms with E-state index < -0.39 is 17.5 Å². The van der Waals surface area contributed by atoms with Crippen molar-refractivity contribution in [2.75, 3.05) is 12.8 Å². The van der Waals surface area contributed by atoms with Gasteiger partial charge in [0.25, 0.3) is 5.91 Å². The zero-order chi connectivity index (χ0) is 15.4. The first-order chi connectivity index (χ1) is 10.0. The lowest BCUT2D eigenvalue weighted by molar-refractivity contribution is 0.0946. The molecule has 0 aliphatic rings. The lowest BCUT2D eigenvalue weighted by Gasteiger charge is -2.11. The number of hydrogen-bond donors (Lipinski definition) is 2. The SMILES string of the molecule is COc1ccc(N)cc1CNC(=O)c1cc(F)ccc1F. The number of carbonyl (C=O) groups excluding carboxylic acids is 1. The van der Waals surface area contributed by atoms with Crippen molar-refractivity contribution in [1.82, 2.24) is 5.32 Å². The van der Waals surface area contributed by atoms with E-state index in [1.54, 1.807) is 18.2 Å². The molecule has 2 rings (SSSR count). The van der Waals surface area contributed by atoms with Gasteiger partial charge in [-0.2, -0.15) is 0 Å². The van der Waals surface area contributed by atoms with E-state index in [2.05, 4.69) is 5.32 Å². The molecule has 0 saturated heterocycles. The van der Waals surface area contributed by atoms with E-state index in [0.29, 0.717) is 17.0 Å². The van der Waals surface area contributed by atoms with Crippen LogP contribution in [0.5, 0.6) is 5.75 Å². The molecule has 6 heteroatoms. The number of ether oxygens (including phenoxy) is 1. The van der Waals surface area contributed by atoms with Gasteiger partial charge in [-0.15, -0.1) is 0 Å². The Morgan fingerprint density at radius 2 is 2.00 bits per heavy atom. The molecule has 0 atom stereocenters. The Morgan fingerprint density at radius 1 is 1.24 bits per heavy atom. The number of halogens is 2. The van der Waals surface area contributed by atoms with Crippen molar-refractivity contribution >= 4 is 11.6 Å². The van der Waals surface area contributed by atoms with Gasteiger partial charge in [0.1, 0.15) is 17.4 Å². The summed E-state index contributed by atoms with van der Waals surface area (Å²) in [5.41, 5.74) is 6.47. The van der Waals surface area contributed by atoms with E-state index in [1.807, 2.05) is 0 Å². The molecule has 0 bridgehead atoms. The molecule has 0 saturated carbocycles. The van der Waals surface area contributed by atoms with Gasteiger partial charge >= 0.3 is 0 Å². The molecule has 0 radical (unpaired) electrons. The molecule has 4 nitrogen and oxygen atoms in total. The van der Waals surface area contributed by atoms with E-state index in [4.69, 9.17) is 10.5 Å². The molecule has 0 aromatic heterocycles. The highest BCUT2D eigenvalue weighted by molar-refractivity contribution is 5.94. The second kappa shape index (κ2) is 6.21. The zero-order valence-electron chi connectivity index (χ0n) is 11.3. The lowest BCUT2D eigenvalue weighted by Crippen LogP contribution is -2.24. The Kier molecular flexibility index (Phi) is 4.37. The molecule has 0 unspecified atom stereocenters. The van der Waals surface area contributed by atoms with Crippen LogP contribution in [0, 0.1) is 11.6 Å². The Labute approximate surface area is 120 Å². The minimum absolute atomic E-state index is 0.0863. The van der Waals surface area contributed by atoms with E-state index in [1.165, 1.54) is 7.11 Å². The fraction of sp³-hybridized carbons (Fsp3) is 0.133. The summed E-state index contributed by atoms with van der Waals surface area (Å²) in [5.74, 6) is -1.63. The molecule has 0 aliphatic heterocycles. The van der Waals surface area contributed by atoms with Gasteiger partial charge in [-0.05, 0) is 36.4 Å². The van der Waals surface area contributed by atoms with Gasteiger partial charge < -0.3 is 15.8 Å². The number of carbonyl (C=O) groups is 1. The minimum atomic E-state index is -0.784. The molecule has 3 N–H and O–H groups in total. The third kappa shape index (κ3) is 3.47. The number of nitrogen functional groups attached to an aromatic ring is 1. The average molecular weight is 292 g/mol. The lowest BCUT2D eigenvalue weighted by atomic mass is 10.1. The standard InChI is InChI=1S/C15H14F2N2O2/c1-21-14-5-3-11(18)6-9(14)8-19-15(20)12-7-10(16)2-4-13(12)17/h2-7H,8,18H2,1H3,(H,19,20). The third-order valence-corrected chi connectivity index (χ3v) is 2.92. The highest BCUT2D eigenvalue weighted by Crippen LogP contribution is 2.21. The number of anilines is 1. The van der Waals surface area contributed by atoms with Crippen molar-refractivity contribution in [3.63, 3.8) is 0 Å². The van der Waals surface area contributed by atoms with E-state index in [0.717, 1.165) is 18.2 Å². The quantitative estimate of drug-likeness (QED) is 0.851. The van der Waals surface area contributed by atoms with Crippen LogP contribution in [0.1, 0.15) is 15.9 Å². The summed E-state index contributed by atoms with van der Waals surface area (Å²) < 4.78 is 31.7. The summed E-state index contributed by atoms with van der Waals surface area (Å²) in [4.78, 5) is 11.9. The highest BCUT2D eigenvalue weighted by atomic mass is 19.1. The Morgan fingerprint density at radius 3 is 2.71 bits per heavy atom. The van der Waals surface area contributed by atoms with Gasteiger partial charge in [-0.25, -0.2) is 8.78 Å². The number of nitrogens with two attached hydrogens (primary N) is 1. The number of nitrogens with one attached hydrogen (secondary N) is 1. The van der Waals surface area contributed by atoms with E-state index >= 15 is 0 Å². The van der Waals surface area contributed by atoms with Crippen molar-refractivity contribution in [2.24, 2.45) is 0 Å². The van der Waals surface area contributed by atoms with Crippen molar-refractivity contribution < 1.29 is 18.3 Å². The molecule has 2 aromatic carbocycles. The van der Waals surface area contributed by atoms with Crippen LogP contribution in [0.15, 0.2) is 36.4 Å². The minimum Gasteiger partial charge on any atom is -0.496 e. The van der Waals surface area contributed by atoms with Gasteiger partial charge in [-0.1, -0.05) is 0 Å². The second-order valence-electron chi connectivity index (χ2n) is 4.38. The number of rotatable bonds is 4. The first kappa shape index (κ1) is 14.8. The van der Waals surface area contributed by atoms with Crippen LogP contribution in [0.2, 0.25) is 0 Å². The fourth-order valence-corrected chi connectivity index (χ4v) is 1.88. The van der Waals surface area contributed by atoms with Crippen molar-refractivity contribution in [3.05, 3.63) is 59.2 Å². The topological polar surface area (TPSA) is 64.3 Å². The van der Waals surface area contributed by atoms with Gasteiger partial charge in [0.05, 0.1) is 12.7 Å². The molecular weight excluding hydrogens is 278 g/mol. The van der Waals surface area contributed by atoms with Crippen molar-refractivity contribution in [2.45, 2.75) is 6.54 Å². The zero-order valence-corrected chi connectivity index (χ0v) is 11.3. The normalized spacial score (nSPS) is 10.2. The number of methoxy groups -OCH3 is 1. The maximum Gasteiger partial charge on any atom is 0.254 e. The van der Waals surface area contributed by atoms with Crippen LogP contribution in [0.3, 0.4) is 0 Å². The third-order valence-electron chi connectivity index (χ3n) is 2.92. The number of benzene rings is 2. The monoisotopic (exact) mass is 292 g/mol. The van der Waals surface area contributed by atoms with E-state index in [-0.39, 0.29) is 12.1 Å². The summed E-state index contributed by atoms with van der Waals surface area (Å²) in [7, 11) is 1.49. The molecule has 1 amide bonds. The second-order valence-corrected chi connectivity index (χ2v) is 4.38. The van der Waals surface area contributed by atoms with Gasteiger partial charge in [-0.3, -0.25) is 4.79 Å². The largest absolute Gasteiger partial charge is 0.496 e. The van der Waals surface area contributed by atoms with Gasteiger partial charge in [0.15, 0.2) is 0 Å². The van der Waals surface area contributed by atoms with Crippen molar-refractivity contribution in [3.8, 4) is 5.75 Å². The molecule has 0 heterocycles. The molecule has 0 aliphatic carbocycles. The van der Waals surface area contributed by atoms with Crippen LogP contribution in [0.4, 0.5) is 14.5 Å². The highest BCUT2D eigenvalue weighted by Gasteiger charge is 2.13. The molecule has 2 aromatic rings. The maximum atomic E-state index is 13.5. The number of hydrogen-bond acceptors (Lipinski definition) is 3. The molecule has 0 fully saturated rings. The average Bonchev–Trinajstić information content (AvgIpc) is 2.47. The summed E-state index contributed by atoms with van der Waals surface area (Å²) >= 11 is 0. The van der Waals surface area contributed by atoms with Crippen molar-refractivity contribution in [1.29, 1.82) is 0 Å². The Hall–Kier alpha value is -2.63. The van der Waals surface area contributed by atoms with Gasteiger partial charge in [0.2, 0.25) is 0 Å². The van der Waals surface area contributed by atoms with Crippen LogP contribution >= 0.6 is 0 Å². The summed E-state index contributed by atoms with van der Waals surface area (Å²) in [6.07, 6.45) is 0. The molecule has 0 spiro atoms. The van der Waals surface area contributed by atoms with Crippen LogP contribution < -0.4 is 15.8 Å². The first-order valence-corrected chi connectivity index (χ1v) is 6.17. The van der Waals surface area contributed by atoms with Crippen LogP contribution in [-0.4, -0.2) is 13.0 Å². The predicted octanol–water partition coefficient (Wildman–Crippen LogP) is 2.49. The first-order valence-electron chi connectivity index (χ1n) is 6.17. The Bertz CT molecular complexity index is 675. The van der Waals surface area contributed by atoms with Crippen LogP contribution in [0.25, 0.3) is 0 Å². The summed E-state index contributed by atoms with van der Waals surface area (Å²) in [6.45, 7) is 0.0863. The van der Waals surface area contributed by atoms with E-state index in [9.17, 15) is 13.6 Å².